The van der Waals surface area contributed by atoms with E-state index in [1.54, 1.807) is 7.11 Å². The van der Waals surface area contributed by atoms with Gasteiger partial charge in [-0.05, 0) is 12.1 Å². The van der Waals surface area contributed by atoms with E-state index in [0.29, 0.717) is 13.1 Å². The Hall–Kier alpha value is -1.43. The molecule has 0 amide bonds. The molecule has 10 heteroatoms. The van der Waals surface area contributed by atoms with E-state index >= 15 is 0 Å². The lowest BCUT2D eigenvalue weighted by Crippen LogP contribution is -2.57. The molecule has 9 nitrogen and oxygen atoms in total. The molecule has 0 aliphatic carbocycles. The van der Waals surface area contributed by atoms with E-state index in [1.165, 1.54) is 0 Å². The lowest BCUT2D eigenvalue weighted by Gasteiger charge is -2.41. The fourth-order valence-electron chi connectivity index (χ4n) is 3.98. The Kier molecular flexibility index (Phi) is 6.79. The van der Waals surface area contributed by atoms with Gasteiger partial charge >= 0.3 is 0 Å². The van der Waals surface area contributed by atoms with Crippen molar-refractivity contribution in [3.8, 4) is 5.75 Å². The molecule has 4 atom stereocenters. The van der Waals surface area contributed by atoms with Gasteiger partial charge in [0.25, 0.3) is 0 Å². The van der Waals surface area contributed by atoms with Gasteiger partial charge in [0.15, 0.2) is 0 Å². The summed E-state index contributed by atoms with van der Waals surface area (Å²) in [5, 5.41) is 20.1. The predicted octanol–water partition coefficient (Wildman–Crippen LogP) is -1.14. The van der Waals surface area contributed by atoms with E-state index in [-0.39, 0.29) is 19.2 Å². The Bertz CT molecular complexity index is 753. The molecule has 28 heavy (non-hydrogen) atoms. The fraction of sp³-hybridized carbons (Fsp3) is 0.667. The van der Waals surface area contributed by atoms with Crippen molar-refractivity contribution in [3.63, 3.8) is 0 Å². The van der Waals surface area contributed by atoms with Crippen molar-refractivity contribution in [2.45, 2.75) is 24.4 Å². The summed E-state index contributed by atoms with van der Waals surface area (Å²) in [5.74, 6) is 0.816. The first-order valence-corrected chi connectivity index (χ1v) is 11.2. The summed E-state index contributed by atoms with van der Waals surface area (Å²) >= 11 is 0. The van der Waals surface area contributed by atoms with Crippen LogP contribution in [0.1, 0.15) is 0 Å². The number of piperazine rings is 1. The largest absolute Gasteiger partial charge is 0.495 e. The van der Waals surface area contributed by atoms with Crippen LogP contribution in [0.4, 0.5) is 5.69 Å². The summed E-state index contributed by atoms with van der Waals surface area (Å²) in [5.41, 5.74) is 1.02. The minimum Gasteiger partial charge on any atom is -0.495 e. The zero-order chi connectivity index (χ0) is 20.3. The minimum absolute atomic E-state index is 0.0593. The minimum atomic E-state index is -3.37. The number of hydrogen-bond acceptors (Lipinski definition) is 8. The number of hydrogen-bond donors (Lipinski definition) is 3. The van der Waals surface area contributed by atoms with E-state index in [2.05, 4.69) is 14.5 Å². The zero-order valence-electron chi connectivity index (χ0n) is 16.2. The van der Waals surface area contributed by atoms with E-state index in [1.807, 2.05) is 24.3 Å². The van der Waals surface area contributed by atoms with Crippen LogP contribution in [0.2, 0.25) is 0 Å². The first-order valence-electron chi connectivity index (χ1n) is 9.35. The molecule has 2 fully saturated rings. The maximum atomic E-state index is 11.5. The summed E-state index contributed by atoms with van der Waals surface area (Å²) in [6.07, 6.45) is -1.04. The number of aliphatic hydroxyl groups excluding tert-OH is 2. The molecule has 2 aliphatic rings. The van der Waals surface area contributed by atoms with Gasteiger partial charge in [0.1, 0.15) is 18.0 Å². The van der Waals surface area contributed by atoms with Crippen molar-refractivity contribution in [3.05, 3.63) is 24.3 Å². The quantitative estimate of drug-likeness (QED) is 0.512. The second-order valence-corrected chi connectivity index (χ2v) is 9.03. The molecule has 0 aromatic heterocycles. The molecular weight excluding hydrogens is 386 g/mol. The van der Waals surface area contributed by atoms with Crippen LogP contribution in [0.25, 0.3) is 0 Å². The third kappa shape index (κ3) is 4.76. The van der Waals surface area contributed by atoms with Crippen LogP contribution in [-0.4, -0.2) is 101 Å². The van der Waals surface area contributed by atoms with Gasteiger partial charge in [-0.15, -0.1) is 0 Å². The first kappa shape index (κ1) is 21.3. The Labute approximate surface area is 165 Å². The van der Waals surface area contributed by atoms with E-state index in [4.69, 9.17) is 9.47 Å². The fourth-order valence-corrected chi connectivity index (χ4v) is 4.45. The van der Waals surface area contributed by atoms with Gasteiger partial charge < -0.3 is 24.6 Å². The lowest BCUT2D eigenvalue weighted by atomic mass is 10.0. The van der Waals surface area contributed by atoms with Crippen LogP contribution in [-0.2, 0) is 14.8 Å². The summed E-state index contributed by atoms with van der Waals surface area (Å²) in [4.78, 5) is 4.34. The second kappa shape index (κ2) is 8.93. The number of anilines is 1. The molecule has 1 aromatic rings. The topological polar surface area (TPSA) is 112 Å². The van der Waals surface area contributed by atoms with E-state index in [9.17, 15) is 18.6 Å². The molecule has 0 spiro atoms. The van der Waals surface area contributed by atoms with E-state index in [0.717, 1.165) is 30.8 Å². The third-order valence-electron chi connectivity index (χ3n) is 5.35. The Balaban J connectivity index is 1.68. The molecule has 0 saturated carbocycles. The summed E-state index contributed by atoms with van der Waals surface area (Å²) in [7, 11) is -1.73. The van der Waals surface area contributed by atoms with Crippen LogP contribution in [0.15, 0.2) is 24.3 Å². The highest BCUT2D eigenvalue weighted by molar-refractivity contribution is 7.88. The number of nitrogens with zero attached hydrogens (tertiary/aromatic N) is 2. The molecule has 3 N–H and O–H groups in total. The number of benzene rings is 1. The van der Waals surface area contributed by atoms with Crippen molar-refractivity contribution >= 4 is 15.7 Å². The van der Waals surface area contributed by atoms with Crippen LogP contribution >= 0.6 is 0 Å². The normalized spacial score (nSPS) is 29.2. The average Bonchev–Trinajstić information content (AvgIpc) is 3.01. The third-order valence-corrected chi connectivity index (χ3v) is 6.04. The van der Waals surface area contributed by atoms with Gasteiger partial charge in [0, 0.05) is 32.7 Å². The number of para-hydroxylation sites is 2. The molecule has 158 valence electrons. The number of sulfonamides is 1. The molecular formula is C18H29N3O6S. The Morgan fingerprint density at radius 1 is 1.21 bits per heavy atom. The number of aliphatic hydroxyl groups is 2. The smallest absolute Gasteiger partial charge is 0.208 e. The van der Waals surface area contributed by atoms with Crippen molar-refractivity contribution in [2.75, 3.05) is 57.6 Å². The van der Waals surface area contributed by atoms with Gasteiger partial charge in [0.2, 0.25) is 10.0 Å². The number of ether oxygens (including phenoxy) is 2. The van der Waals surface area contributed by atoms with Crippen molar-refractivity contribution in [1.29, 1.82) is 0 Å². The monoisotopic (exact) mass is 415 g/mol. The number of rotatable bonds is 7. The second-order valence-electron chi connectivity index (χ2n) is 7.19. The maximum absolute atomic E-state index is 11.5. The van der Waals surface area contributed by atoms with Gasteiger partial charge in [0.05, 0.1) is 37.8 Å². The Morgan fingerprint density at radius 3 is 2.50 bits per heavy atom. The summed E-state index contributed by atoms with van der Waals surface area (Å²) in [6.45, 7) is 2.57. The van der Waals surface area contributed by atoms with Gasteiger partial charge in [-0.1, -0.05) is 12.1 Å². The highest BCUT2D eigenvalue weighted by Crippen LogP contribution is 2.31. The molecule has 2 saturated heterocycles. The number of nitrogens with one attached hydrogen (secondary N) is 1. The standard InChI is InChI=1S/C18H29N3O6S/c1-26-14-6-4-3-5-13(14)20-7-9-21(10-8-20)17-15(11-19-28(2,24)25)27-16(12-22)18(17)23/h3-6,15-19,22-23H,7-12H2,1-2H3/t15-,16+,17+,18-/m1/s1. The molecule has 0 radical (unpaired) electrons. The van der Waals surface area contributed by atoms with Crippen molar-refractivity contribution in [2.24, 2.45) is 0 Å². The van der Waals surface area contributed by atoms with Crippen LogP contribution in [0.5, 0.6) is 5.75 Å². The highest BCUT2D eigenvalue weighted by atomic mass is 32.2. The lowest BCUT2D eigenvalue weighted by molar-refractivity contribution is -0.0201. The van der Waals surface area contributed by atoms with Crippen LogP contribution in [0, 0.1) is 0 Å². The van der Waals surface area contributed by atoms with Gasteiger partial charge in [-0.25, -0.2) is 13.1 Å². The highest BCUT2D eigenvalue weighted by Gasteiger charge is 2.46. The predicted molar refractivity (Wildman–Crippen MR) is 105 cm³/mol. The SMILES string of the molecule is COc1ccccc1N1CCN([C@@H]2[C@H](O)[C@H](CO)O[C@@H]2CNS(C)(=O)=O)CC1. The van der Waals surface area contributed by atoms with Gasteiger partial charge in [-0.2, -0.15) is 0 Å². The van der Waals surface area contributed by atoms with E-state index < -0.39 is 28.3 Å². The summed E-state index contributed by atoms with van der Waals surface area (Å²) < 4.78 is 36.5. The van der Waals surface area contributed by atoms with Crippen molar-refractivity contribution in [1.82, 2.24) is 9.62 Å². The first-order chi connectivity index (χ1) is 13.3. The molecule has 2 aliphatic heterocycles. The van der Waals surface area contributed by atoms with Crippen LogP contribution in [0.3, 0.4) is 0 Å². The van der Waals surface area contributed by atoms with Gasteiger partial charge in [-0.3, -0.25) is 4.90 Å². The Morgan fingerprint density at radius 2 is 1.89 bits per heavy atom. The maximum Gasteiger partial charge on any atom is 0.208 e. The molecule has 0 bridgehead atoms. The number of methoxy groups -OCH3 is 1. The van der Waals surface area contributed by atoms with Crippen molar-refractivity contribution < 1.29 is 28.1 Å². The zero-order valence-corrected chi connectivity index (χ0v) is 17.0. The summed E-state index contributed by atoms with van der Waals surface area (Å²) in [6, 6.07) is 7.46. The average molecular weight is 416 g/mol. The van der Waals surface area contributed by atoms with Crippen LogP contribution < -0.4 is 14.4 Å². The molecule has 2 heterocycles. The molecule has 3 rings (SSSR count). The molecule has 0 unspecified atom stereocenters. The molecule has 1 aromatic carbocycles.